The molecule has 3 amide bonds. The summed E-state index contributed by atoms with van der Waals surface area (Å²) in [6, 6.07) is 0. The Kier molecular flexibility index (Phi) is 44.4. The summed E-state index contributed by atoms with van der Waals surface area (Å²) in [6.45, 7) is 19.8. The number of carbonyl (C=O) groups is 4. The Hall–Kier alpha value is -1.88. The van der Waals surface area contributed by atoms with Gasteiger partial charge in [0.2, 0.25) is 5.91 Å². The molecule has 1 atom stereocenters. The number of imide groups is 1. The molecular formula is C46H84N2O15S2. The van der Waals surface area contributed by atoms with Gasteiger partial charge in [0.1, 0.15) is 13.2 Å². The molecule has 0 aromatic rings. The maximum atomic E-state index is 11.8. The quantitative estimate of drug-likeness (QED) is 0.0351. The number of carbonyl (C=O) groups excluding carboxylic acids is 4. The molecule has 1 N–H and O–H groups in total. The highest BCUT2D eigenvalue weighted by Gasteiger charge is 2.25. The van der Waals surface area contributed by atoms with Gasteiger partial charge in [-0.15, -0.1) is 0 Å². The summed E-state index contributed by atoms with van der Waals surface area (Å²) in [5.41, 5.74) is 0. The molecule has 0 spiro atoms. The molecular weight excluding hydrogens is 885 g/mol. The third-order valence-electron chi connectivity index (χ3n) is 8.87. The minimum atomic E-state index is -0.467. The van der Waals surface area contributed by atoms with Gasteiger partial charge in [-0.25, -0.2) is 0 Å². The lowest BCUT2D eigenvalue weighted by Gasteiger charge is -2.13. The highest BCUT2D eigenvalue weighted by molar-refractivity contribution is 8.76. The van der Waals surface area contributed by atoms with Gasteiger partial charge in [-0.2, -0.15) is 0 Å². The normalized spacial score (nSPS) is 13.1. The zero-order valence-electron chi connectivity index (χ0n) is 39.9. The summed E-state index contributed by atoms with van der Waals surface area (Å²) in [6.07, 6.45) is 11.7. The summed E-state index contributed by atoms with van der Waals surface area (Å²) < 4.78 is 61.8. The average Bonchev–Trinajstić information content (AvgIpc) is 3.61. The Balaban J connectivity index is 1.63. The lowest BCUT2D eigenvalue weighted by Crippen LogP contribution is -2.40. The molecule has 0 aromatic heterocycles. The first-order chi connectivity index (χ1) is 31.8. The van der Waals surface area contributed by atoms with Crippen molar-refractivity contribution in [1.82, 2.24) is 10.2 Å². The highest BCUT2D eigenvalue weighted by Crippen LogP contribution is 2.27. The number of amides is 3. The minimum Gasteiger partial charge on any atom is -0.464 e. The number of nitrogens with one attached hydrogen (secondary N) is 1. The maximum absolute atomic E-state index is 11.8. The predicted molar refractivity (Wildman–Crippen MR) is 253 cm³/mol. The van der Waals surface area contributed by atoms with Crippen molar-refractivity contribution in [2.24, 2.45) is 5.92 Å². The Morgan fingerprint density at radius 2 is 0.800 bits per heavy atom. The van der Waals surface area contributed by atoms with Crippen molar-refractivity contribution in [2.75, 3.05) is 158 Å². The van der Waals surface area contributed by atoms with Gasteiger partial charge >= 0.3 is 5.97 Å². The lowest BCUT2D eigenvalue weighted by molar-refractivity contribution is -0.147. The molecule has 1 heterocycles. The van der Waals surface area contributed by atoms with E-state index in [1.165, 1.54) is 0 Å². The van der Waals surface area contributed by atoms with E-state index in [0.717, 1.165) is 93.6 Å². The van der Waals surface area contributed by atoms with Crippen molar-refractivity contribution >= 4 is 45.3 Å². The van der Waals surface area contributed by atoms with E-state index in [-0.39, 0.29) is 29.6 Å². The van der Waals surface area contributed by atoms with Crippen molar-refractivity contribution in [1.29, 1.82) is 0 Å². The topological polar surface area (TPSA) is 185 Å². The first kappa shape index (κ1) is 61.1. The molecule has 0 aromatic carbocycles. The van der Waals surface area contributed by atoms with Crippen LogP contribution in [0, 0.1) is 5.92 Å². The van der Waals surface area contributed by atoms with Crippen LogP contribution in [-0.2, 0) is 71.3 Å². The number of hydrogen-bond acceptors (Lipinski definition) is 17. The van der Waals surface area contributed by atoms with Crippen molar-refractivity contribution < 1.29 is 71.3 Å². The summed E-state index contributed by atoms with van der Waals surface area (Å²) >= 11 is 0. The van der Waals surface area contributed by atoms with Gasteiger partial charge in [-0.3, -0.25) is 24.1 Å². The molecule has 0 bridgehead atoms. The van der Waals surface area contributed by atoms with Crippen molar-refractivity contribution in [3.05, 3.63) is 12.2 Å². The minimum absolute atomic E-state index is 0.0773. The molecule has 19 heteroatoms. The molecule has 380 valence electrons. The van der Waals surface area contributed by atoms with E-state index in [4.69, 9.17) is 52.1 Å². The molecule has 65 heavy (non-hydrogen) atoms. The smallest absolute Gasteiger partial charge is 0.308 e. The molecule has 0 aliphatic carbocycles. The number of ether oxygens (including phenoxy) is 11. The van der Waals surface area contributed by atoms with Gasteiger partial charge in [-0.05, 0) is 77.6 Å². The standard InChI is InChI=1S/C46H84N2O15S2/c1-41(2)46(52)63-40-42(3)65-64-38-14-37-62-36-13-35-61-34-12-33-60-32-11-31-59-30-10-29-58-28-9-27-57-26-8-25-56-24-7-23-55-22-6-21-54-20-5-19-53-18-4-17-47-43(49)39-48-44(50)15-16-45(48)51/h15-16,41-42H,4-14,17-40H2,1-3H3,(H,47,49). The molecule has 17 nitrogen and oxygen atoms in total. The lowest BCUT2D eigenvalue weighted by atomic mass is 10.2. The first-order valence-electron chi connectivity index (χ1n) is 23.8. The Labute approximate surface area is 397 Å². The van der Waals surface area contributed by atoms with Crippen molar-refractivity contribution in [2.45, 2.75) is 96.7 Å². The van der Waals surface area contributed by atoms with Crippen LogP contribution in [0.15, 0.2) is 12.2 Å². The van der Waals surface area contributed by atoms with Crippen LogP contribution in [0.5, 0.6) is 0 Å². The monoisotopic (exact) mass is 969 g/mol. The third-order valence-corrected chi connectivity index (χ3v) is 11.8. The summed E-state index contributed by atoms with van der Waals surface area (Å²) in [5.74, 6) is -0.503. The molecule has 0 saturated carbocycles. The molecule has 1 unspecified atom stereocenters. The van der Waals surface area contributed by atoms with Gasteiger partial charge in [0, 0.05) is 162 Å². The number of esters is 1. The fraction of sp³-hybridized carbons (Fsp3) is 0.870. The summed E-state index contributed by atoms with van der Waals surface area (Å²) in [5, 5.41) is 2.96. The fourth-order valence-corrected chi connectivity index (χ4v) is 7.55. The van der Waals surface area contributed by atoms with Gasteiger partial charge in [0.05, 0.1) is 5.92 Å². The van der Waals surface area contributed by atoms with Crippen LogP contribution >= 0.6 is 21.6 Å². The molecule has 1 aliphatic heterocycles. The van der Waals surface area contributed by atoms with E-state index in [2.05, 4.69) is 12.2 Å². The molecule has 0 fully saturated rings. The van der Waals surface area contributed by atoms with E-state index in [1.807, 2.05) is 13.8 Å². The molecule has 0 radical (unpaired) electrons. The third kappa shape index (κ3) is 42.0. The zero-order valence-corrected chi connectivity index (χ0v) is 41.6. The van der Waals surface area contributed by atoms with Gasteiger partial charge < -0.3 is 57.4 Å². The van der Waals surface area contributed by atoms with Crippen LogP contribution in [0.4, 0.5) is 0 Å². The van der Waals surface area contributed by atoms with Crippen LogP contribution in [0.25, 0.3) is 0 Å². The fourth-order valence-electron chi connectivity index (χ4n) is 5.35. The van der Waals surface area contributed by atoms with Crippen LogP contribution < -0.4 is 5.32 Å². The average molecular weight is 969 g/mol. The maximum Gasteiger partial charge on any atom is 0.308 e. The Bertz CT molecular complexity index is 1160. The van der Waals surface area contributed by atoms with E-state index >= 15 is 0 Å². The second-order valence-corrected chi connectivity index (χ2v) is 18.4. The summed E-state index contributed by atoms with van der Waals surface area (Å²) in [4.78, 5) is 47.2. The second-order valence-electron chi connectivity index (χ2n) is 15.5. The van der Waals surface area contributed by atoms with Crippen LogP contribution in [-0.4, -0.2) is 191 Å². The summed E-state index contributed by atoms with van der Waals surface area (Å²) in [7, 11) is 3.55. The first-order valence-corrected chi connectivity index (χ1v) is 26.2. The van der Waals surface area contributed by atoms with Crippen molar-refractivity contribution in [3.8, 4) is 0 Å². The van der Waals surface area contributed by atoms with E-state index < -0.39 is 11.8 Å². The van der Waals surface area contributed by atoms with Crippen LogP contribution in [0.2, 0.25) is 0 Å². The number of nitrogens with zero attached hydrogens (tertiary/aromatic N) is 1. The predicted octanol–water partition coefficient (Wildman–Crippen LogP) is 5.45. The number of hydrogen-bond donors (Lipinski definition) is 1. The molecule has 1 aliphatic rings. The van der Waals surface area contributed by atoms with E-state index in [1.54, 1.807) is 21.6 Å². The van der Waals surface area contributed by atoms with Gasteiger partial charge in [0.25, 0.3) is 11.8 Å². The zero-order chi connectivity index (χ0) is 47.1. The van der Waals surface area contributed by atoms with Crippen molar-refractivity contribution in [3.63, 3.8) is 0 Å². The number of rotatable bonds is 51. The Morgan fingerprint density at radius 3 is 1.12 bits per heavy atom. The SMILES string of the molecule is CC(COC(=O)C(C)C)SSCCCOCCCOCCCOCCCOCCCOCCCOCCCOCCCOCCCOCCCOCCCNC(=O)CN1C(=O)C=CC1=O. The van der Waals surface area contributed by atoms with Gasteiger partial charge in [-0.1, -0.05) is 35.4 Å². The molecule has 0 saturated heterocycles. The molecule has 1 rings (SSSR count). The van der Waals surface area contributed by atoms with Gasteiger partial charge in [0.15, 0.2) is 0 Å². The van der Waals surface area contributed by atoms with Crippen LogP contribution in [0.3, 0.4) is 0 Å². The Morgan fingerprint density at radius 1 is 0.492 bits per heavy atom. The van der Waals surface area contributed by atoms with E-state index in [0.29, 0.717) is 145 Å². The highest BCUT2D eigenvalue weighted by atomic mass is 33.1. The second kappa shape index (κ2) is 47.2. The van der Waals surface area contributed by atoms with E-state index in [9.17, 15) is 19.2 Å². The largest absolute Gasteiger partial charge is 0.464 e. The van der Waals surface area contributed by atoms with Crippen LogP contribution in [0.1, 0.15) is 91.4 Å².